The van der Waals surface area contributed by atoms with Crippen molar-refractivity contribution >= 4 is 34.6 Å². The van der Waals surface area contributed by atoms with Gasteiger partial charge in [-0.3, -0.25) is 0 Å². The minimum atomic E-state index is 0.761. The van der Waals surface area contributed by atoms with E-state index in [0.717, 1.165) is 35.3 Å². The lowest BCUT2D eigenvalue weighted by Gasteiger charge is -2.37. The molecule has 0 unspecified atom stereocenters. The zero-order chi connectivity index (χ0) is 11.7. The van der Waals surface area contributed by atoms with Crippen molar-refractivity contribution < 1.29 is 0 Å². The van der Waals surface area contributed by atoms with E-state index in [1.54, 1.807) is 0 Å². The van der Waals surface area contributed by atoms with Gasteiger partial charge in [-0.1, -0.05) is 17.7 Å². The molecule has 4 heteroatoms. The smallest absolute Gasteiger partial charge is 0.175 e. The van der Waals surface area contributed by atoms with E-state index in [1.807, 2.05) is 25.2 Å². The monoisotopic (exact) mass is 254 g/mol. The van der Waals surface area contributed by atoms with Crippen LogP contribution >= 0.6 is 23.8 Å². The van der Waals surface area contributed by atoms with Crippen LogP contribution in [0, 0.1) is 6.92 Å². The highest BCUT2D eigenvalue weighted by atomic mass is 35.5. The summed E-state index contributed by atoms with van der Waals surface area (Å²) in [6.07, 6.45) is 1.13. The van der Waals surface area contributed by atoms with Gasteiger partial charge in [-0.15, -0.1) is 0 Å². The van der Waals surface area contributed by atoms with E-state index in [-0.39, 0.29) is 0 Å². The van der Waals surface area contributed by atoms with Gasteiger partial charge in [0, 0.05) is 30.8 Å². The largest absolute Gasteiger partial charge is 0.352 e. The van der Waals surface area contributed by atoms with Crippen molar-refractivity contribution in [3.8, 4) is 0 Å². The fraction of sp³-hybridized carbons (Fsp3) is 0.417. The molecule has 0 atom stereocenters. The van der Waals surface area contributed by atoms with Gasteiger partial charge in [-0.2, -0.15) is 0 Å². The van der Waals surface area contributed by atoms with Crippen molar-refractivity contribution in [1.82, 2.24) is 4.90 Å². The lowest BCUT2D eigenvalue weighted by Crippen LogP contribution is -2.47. The van der Waals surface area contributed by atoms with Gasteiger partial charge in [0.2, 0.25) is 0 Å². The summed E-state index contributed by atoms with van der Waals surface area (Å²) >= 11 is 11.5. The number of anilines is 1. The molecule has 0 aliphatic carbocycles. The Morgan fingerprint density at radius 2 is 2.06 bits per heavy atom. The predicted octanol–water partition coefficient (Wildman–Crippen LogP) is 3.08. The maximum absolute atomic E-state index is 6.04. The molecule has 0 spiro atoms. The molecule has 0 radical (unpaired) electrons. The van der Waals surface area contributed by atoms with E-state index in [4.69, 9.17) is 23.8 Å². The Kier molecular flexibility index (Phi) is 3.36. The normalized spacial score (nSPS) is 16.8. The molecule has 0 amide bonds. The standard InChI is InChI=1S/C12H15ClN2S/c1-9-4-5-10(13)8-11(9)15-7-3-6-14(2)12(15)16/h4-5,8H,3,6-7H2,1-2H3. The maximum Gasteiger partial charge on any atom is 0.175 e. The summed E-state index contributed by atoms with van der Waals surface area (Å²) in [6.45, 7) is 4.10. The van der Waals surface area contributed by atoms with Crippen LogP contribution in [-0.4, -0.2) is 30.1 Å². The molecule has 1 fully saturated rings. The van der Waals surface area contributed by atoms with Crippen LogP contribution in [0.5, 0.6) is 0 Å². The van der Waals surface area contributed by atoms with E-state index >= 15 is 0 Å². The molecule has 86 valence electrons. The van der Waals surface area contributed by atoms with E-state index in [2.05, 4.69) is 16.7 Å². The van der Waals surface area contributed by atoms with E-state index in [0.29, 0.717) is 0 Å². The Morgan fingerprint density at radius 1 is 1.31 bits per heavy atom. The highest BCUT2D eigenvalue weighted by Crippen LogP contribution is 2.26. The lowest BCUT2D eigenvalue weighted by molar-refractivity contribution is 0.460. The molecule has 16 heavy (non-hydrogen) atoms. The van der Waals surface area contributed by atoms with Crippen LogP contribution in [0.15, 0.2) is 18.2 Å². The van der Waals surface area contributed by atoms with Crippen LogP contribution in [-0.2, 0) is 0 Å². The van der Waals surface area contributed by atoms with Crippen LogP contribution in [0.2, 0.25) is 5.02 Å². The molecular weight excluding hydrogens is 240 g/mol. The zero-order valence-electron chi connectivity index (χ0n) is 9.53. The Balaban J connectivity index is 2.35. The number of hydrogen-bond acceptors (Lipinski definition) is 1. The van der Waals surface area contributed by atoms with Gasteiger partial charge < -0.3 is 9.80 Å². The van der Waals surface area contributed by atoms with Gasteiger partial charge >= 0.3 is 0 Å². The average Bonchev–Trinajstić information content (AvgIpc) is 2.26. The van der Waals surface area contributed by atoms with Crippen LogP contribution in [0.4, 0.5) is 5.69 Å². The molecule has 0 saturated carbocycles. The maximum atomic E-state index is 6.04. The number of nitrogens with zero attached hydrogens (tertiary/aromatic N) is 2. The first-order valence-electron chi connectivity index (χ1n) is 5.38. The predicted molar refractivity (Wildman–Crippen MR) is 73.4 cm³/mol. The Morgan fingerprint density at radius 3 is 2.81 bits per heavy atom. The first-order valence-corrected chi connectivity index (χ1v) is 6.17. The van der Waals surface area contributed by atoms with Crippen LogP contribution in [0.25, 0.3) is 0 Å². The molecule has 2 nitrogen and oxygen atoms in total. The van der Waals surface area contributed by atoms with Gasteiger partial charge in [-0.25, -0.2) is 0 Å². The number of thiocarbonyl (C=S) groups is 1. The number of halogens is 1. The van der Waals surface area contributed by atoms with E-state index < -0.39 is 0 Å². The van der Waals surface area contributed by atoms with E-state index in [1.165, 1.54) is 5.56 Å². The third kappa shape index (κ3) is 2.15. The topological polar surface area (TPSA) is 6.48 Å². The number of hydrogen-bond donors (Lipinski definition) is 0. The summed E-state index contributed by atoms with van der Waals surface area (Å²) in [5.74, 6) is 0. The highest BCUT2D eigenvalue weighted by Gasteiger charge is 2.21. The van der Waals surface area contributed by atoms with Crippen molar-refractivity contribution in [2.45, 2.75) is 13.3 Å². The zero-order valence-corrected chi connectivity index (χ0v) is 11.1. The van der Waals surface area contributed by atoms with Crippen molar-refractivity contribution in [1.29, 1.82) is 0 Å². The van der Waals surface area contributed by atoms with E-state index in [9.17, 15) is 0 Å². The molecule has 2 rings (SSSR count). The molecule has 0 bridgehead atoms. The third-order valence-electron chi connectivity index (χ3n) is 2.89. The lowest BCUT2D eigenvalue weighted by atomic mass is 10.1. The quantitative estimate of drug-likeness (QED) is 0.712. The summed E-state index contributed by atoms with van der Waals surface area (Å²) in [5, 5.41) is 1.65. The second-order valence-electron chi connectivity index (χ2n) is 4.14. The van der Waals surface area contributed by atoms with Crippen molar-refractivity contribution in [2.24, 2.45) is 0 Å². The van der Waals surface area contributed by atoms with Crippen LogP contribution in [0.1, 0.15) is 12.0 Å². The average molecular weight is 255 g/mol. The SMILES string of the molecule is Cc1ccc(Cl)cc1N1CCCN(C)C1=S. The van der Waals surface area contributed by atoms with Gasteiger partial charge in [0.15, 0.2) is 5.11 Å². The Hall–Kier alpha value is -0.800. The first-order chi connectivity index (χ1) is 7.59. The summed E-state index contributed by atoms with van der Waals surface area (Å²) < 4.78 is 0. The van der Waals surface area contributed by atoms with Gasteiger partial charge in [0.05, 0.1) is 0 Å². The minimum Gasteiger partial charge on any atom is -0.352 e. The van der Waals surface area contributed by atoms with Gasteiger partial charge in [-0.05, 0) is 43.3 Å². The Labute approximate surface area is 107 Å². The number of rotatable bonds is 1. The molecule has 0 aromatic heterocycles. The molecule has 1 saturated heterocycles. The van der Waals surface area contributed by atoms with Gasteiger partial charge in [0.1, 0.15) is 0 Å². The molecule has 0 N–H and O–H groups in total. The number of benzene rings is 1. The van der Waals surface area contributed by atoms with Crippen molar-refractivity contribution in [2.75, 3.05) is 25.0 Å². The molecule has 1 heterocycles. The van der Waals surface area contributed by atoms with Crippen molar-refractivity contribution in [3.05, 3.63) is 28.8 Å². The van der Waals surface area contributed by atoms with Crippen molar-refractivity contribution in [3.63, 3.8) is 0 Å². The summed E-state index contributed by atoms with van der Waals surface area (Å²) in [4.78, 5) is 4.28. The number of aryl methyl sites for hydroxylation is 1. The first kappa shape index (κ1) is 11.7. The minimum absolute atomic E-state index is 0.761. The summed E-state index contributed by atoms with van der Waals surface area (Å²) in [5.41, 5.74) is 2.34. The van der Waals surface area contributed by atoms with Crippen LogP contribution in [0.3, 0.4) is 0 Å². The highest BCUT2D eigenvalue weighted by molar-refractivity contribution is 7.80. The summed E-state index contributed by atoms with van der Waals surface area (Å²) in [6, 6.07) is 5.94. The molecule has 1 aromatic rings. The second kappa shape index (κ2) is 4.60. The second-order valence-corrected chi connectivity index (χ2v) is 4.94. The van der Waals surface area contributed by atoms with Crippen LogP contribution < -0.4 is 4.90 Å². The molecule has 1 aromatic carbocycles. The fourth-order valence-corrected chi connectivity index (χ4v) is 2.41. The summed E-state index contributed by atoms with van der Waals surface area (Å²) in [7, 11) is 2.04. The Bertz CT molecular complexity index is 419. The third-order valence-corrected chi connectivity index (χ3v) is 3.66. The van der Waals surface area contributed by atoms with Gasteiger partial charge in [0.25, 0.3) is 0 Å². The molecule has 1 aliphatic rings. The molecular formula is C12H15ClN2S. The fourth-order valence-electron chi connectivity index (χ4n) is 1.96. The molecule has 1 aliphatic heterocycles.